The molecule has 5 aromatic carbocycles. The predicted octanol–water partition coefficient (Wildman–Crippen LogP) is 13.4. The number of benzene rings is 5. The molecular weight excluding hydrogens is 797 g/mol. The molecule has 0 saturated heterocycles. The monoisotopic (exact) mass is 858 g/mol. The number of phenols is 2. The Labute approximate surface area is 371 Å². The molecule has 1 aliphatic carbocycles. The highest BCUT2D eigenvalue weighted by Gasteiger charge is 2.40. The van der Waals surface area contributed by atoms with Crippen LogP contribution in [-0.2, 0) is 0 Å². The van der Waals surface area contributed by atoms with E-state index in [1.54, 1.807) is 60.7 Å². The molecule has 0 unspecified atom stereocenters. The Bertz CT molecular complexity index is 2270. The number of nitrogens with two attached hydrogens (primary N) is 1. The maximum absolute atomic E-state index is 14.7. The van der Waals surface area contributed by atoms with Crippen molar-refractivity contribution in [2.45, 2.75) is 111 Å². The second-order valence-corrected chi connectivity index (χ2v) is 16.0. The summed E-state index contributed by atoms with van der Waals surface area (Å²) in [5, 5.41) is 26.7. The standard InChI is InChI=1S/C52H62N2O9/c1-4-7-10-13-14-17-32-59-36-20-18-35(19-21-36)54-42-34-44(63-40-28-24-38(25-29-40)61-31-16-12-9-6-3)50(56)48-46(42)52(58)47-45(51(48)57)41(53)33-43(49(47)55)62-39-26-22-37(23-27-39)60-30-15-11-8-5-2/h18-29,33-34,54-56H,4-17,30-32,53H2,1-3H3. The maximum Gasteiger partial charge on any atom is 0.200 e. The van der Waals surface area contributed by atoms with Gasteiger partial charge in [-0.15, -0.1) is 0 Å². The highest BCUT2D eigenvalue weighted by molar-refractivity contribution is 6.34. The number of unbranched alkanes of at least 4 members (excludes halogenated alkanes) is 11. The number of anilines is 3. The molecule has 0 atom stereocenters. The first-order valence-electron chi connectivity index (χ1n) is 22.7. The van der Waals surface area contributed by atoms with Crippen molar-refractivity contribution >= 4 is 28.6 Å². The average molecular weight is 859 g/mol. The largest absolute Gasteiger partial charge is 0.504 e. The minimum atomic E-state index is -0.768. The zero-order valence-corrected chi connectivity index (χ0v) is 36.9. The van der Waals surface area contributed by atoms with E-state index in [1.165, 1.54) is 37.8 Å². The Morgan fingerprint density at radius 3 is 1.30 bits per heavy atom. The fraction of sp³-hybridized carbons (Fsp3) is 0.385. The van der Waals surface area contributed by atoms with Gasteiger partial charge in [-0.25, -0.2) is 0 Å². The molecule has 334 valence electrons. The fourth-order valence-corrected chi connectivity index (χ4v) is 7.50. The molecule has 0 spiro atoms. The number of nitrogens with one attached hydrogen (secondary N) is 1. The Morgan fingerprint density at radius 2 is 0.825 bits per heavy atom. The molecule has 0 aliphatic heterocycles. The third-order valence-electron chi connectivity index (χ3n) is 11.0. The molecule has 6 rings (SSSR count). The molecule has 11 heteroatoms. The number of ether oxygens (including phenoxy) is 5. The van der Waals surface area contributed by atoms with Crippen LogP contribution in [-0.4, -0.2) is 41.6 Å². The third-order valence-corrected chi connectivity index (χ3v) is 11.0. The summed E-state index contributed by atoms with van der Waals surface area (Å²) < 4.78 is 30.0. The minimum Gasteiger partial charge on any atom is -0.504 e. The number of carbonyl (C=O) groups is 2. The lowest BCUT2D eigenvalue weighted by Crippen LogP contribution is -2.24. The summed E-state index contributed by atoms with van der Waals surface area (Å²) >= 11 is 0. The Hall–Kier alpha value is -6.36. The number of rotatable bonds is 26. The van der Waals surface area contributed by atoms with Crippen LogP contribution >= 0.6 is 0 Å². The SMILES string of the molecule is CCCCCCCCOc1ccc(Nc2cc(Oc3ccc(OCCCCCC)cc3)c(O)c3c2C(=O)c2c(O)c(Oc4ccc(OCCCCCC)cc4)cc(N)c2C3=O)cc1. The molecule has 0 amide bonds. The van der Waals surface area contributed by atoms with Gasteiger partial charge in [0, 0.05) is 23.5 Å². The van der Waals surface area contributed by atoms with Crippen molar-refractivity contribution < 1.29 is 43.5 Å². The Kier molecular flexibility index (Phi) is 17.0. The van der Waals surface area contributed by atoms with Crippen molar-refractivity contribution in [3.8, 4) is 51.7 Å². The van der Waals surface area contributed by atoms with Gasteiger partial charge < -0.3 is 44.9 Å². The van der Waals surface area contributed by atoms with Crippen LogP contribution in [0.5, 0.6) is 51.7 Å². The van der Waals surface area contributed by atoms with Gasteiger partial charge in [-0.05, 0) is 92.1 Å². The summed E-state index contributed by atoms with van der Waals surface area (Å²) in [7, 11) is 0. The lowest BCUT2D eigenvalue weighted by molar-refractivity contribution is 0.0974. The first kappa shape index (κ1) is 46.2. The van der Waals surface area contributed by atoms with Crippen LogP contribution in [0.15, 0.2) is 84.9 Å². The molecule has 11 nitrogen and oxygen atoms in total. The van der Waals surface area contributed by atoms with E-state index >= 15 is 0 Å². The van der Waals surface area contributed by atoms with Crippen molar-refractivity contribution in [1.82, 2.24) is 0 Å². The highest BCUT2D eigenvalue weighted by Crippen LogP contribution is 2.50. The second kappa shape index (κ2) is 23.2. The predicted molar refractivity (Wildman–Crippen MR) is 248 cm³/mol. The lowest BCUT2D eigenvalue weighted by Gasteiger charge is -2.25. The van der Waals surface area contributed by atoms with Crippen molar-refractivity contribution in [3.05, 3.63) is 107 Å². The smallest absolute Gasteiger partial charge is 0.200 e. The molecule has 0 heterocycles. The van der Waals surface area contributed by atoms with E-state index in [-0.39, 0.29) is 45.1 Å². The molecule has 5 N–H and O–H groups in total. The molecule has 63 heavy (non-hydrogen) atoms. The number of phenolic OH excluding ortho intramolecular Hbond substituents is 2. The highest BCUT2D eigenvalue weighted by atomic mass is 16.5. The Balaban J connectivity index is 1.27. The zero-order valence-electron chi connectivity index (χ0n) is 36.9. The molecule has 0 saturated carbocycles. The van der Waals surface area contributed by atoms with E-state index in [9.17, 15) is 19.8 Å². The average Bonchev–Trinajstić information content (AvgIpc) is 3.28. The van der Waals surface area contributed by atoms with Gasteiger partial charge in [-0.2, -0.15) is 0 Å². The zero-order chi connectivity index (χ0) is 44.6. The Morgan fingerprint density at radius 1 is 0.460 bits per heavy atom. The van der Waals surface area contributed by atoms with Crippen LogP contribution in [0.2, 0.25) is 0 Å². The van der Waals surface area contributed by atoms with Gasteiger partial charge in [0.05, 0.1) is 47.8 Å². The third kappa shape index (κ3) is 12.2. The number of carbonyl (C=O) groups excluding carboxylic acids is 2. The molecule has 0 radical (unpaired) electrons. The van der Waals surface area contributed by atoms with Crippen LogP contribution in [0.1, 0.15) is 143 Å². The molecule has 1 aliphatic rings. The number of fused-ring (bicyclic) bond motifs is 2. The van der Waals surface area contributed by atoms with Gasteiger partial charge >= 0.3 is 0 Å². The molecule has 0 aromatic heterocycles. The molecule has 5 aromatic rings. The van der Waals surface area contributed by atoms with Gasteiger partial charge in [0.15, 0.2) is 23.0 Å². The number of hydrogen-bond acceptors (Lipinski definition) is 11. The van der Waals surface area contributed by atoms with Gasteiger partial charge in [0.25, 0.3) is 0 Å². The van der Waals surface area contributed by atoms with Gasteiger partial charge in [-0.1, -0.05) is 91.4 Å². The summed E-state index contributed by atoms with van der Waals surface area (Å²) in [6.07, 6.45) is 15.7. The molecular formula is C52H62N2O9. The summed E-state index contributed by atoms with van der Waals surface area (Å²) in [4.78, 5) is 29.2. The van der Waals surface area contributed by atoms with Crippen molar-refractivity contribution in [1.29, 1.82) is 0 Å². The van der Waals surface area contributed by atoms with Crippen molar-refractivity contribution in [2.24, 2.45) is 0 Å². The fourth-order valence-electron chi connectivity index (χ4n) is 7.50. The van der Waals surface area contributed by atoms with E-state index < -0.39 is 23.1 Å². The topological polar surface area (TPSA) is 159 Å². The normalized spacial score (nSPS) is 11.8. The summed E-state index contributed by atoms with van der Waals surface area (Å²) in [5.74, 6) is -0.0822. The van der Waals surface area contributed by atoms with Crippen LogP contribution in [0, 0.1) is 0 Å². The van der Waals surface area contributed by atoms with Crippen LogP contribution in [0.3, 0.4) is 0 Å². The van der Waals surface area contributed by atoms with E-state index in [0.29, 0.717) is 54.3 Å². The van der Waals surface area contributed by atoms with Crippen molar-refractivity contribution in [2.75, 3.05) is 30.9 Å². The van der Waals surface area contributed by atoms with E-state index in [4.69, 9.17) is 29.4 Å². The maximum atomic E-state index is 14.7. The minimum absolute atomic E-state index is 0.0795. The second-order valence-electron chi connectivity index (χ2n) is 16.0. The first-order valence-corrected chi connectivity index (χ1v) is 22.7. The van der Waals surface area contributed by atoms with E-state index in [0.717, 1.165) is 64.2 Å². The van der Waals surface area contributed by atoms with Crippen LogP contribution in [0.4, 0.5) is 17.1 Å². The van der Waals surface area contributed by atoms with E-state index in [2.05, 4.69) is 26.1 Å². The summed E-state index contributed by atoms with van der Waals surface area (Å²) in [6.45, 7) is 8.32. The quantitative estimate of drug-likeness (QED) is 0.0234. The lowest BCUT2D eigenvalue weighted by atomic mass is 9.81. The van der Waals surface area contributed by atoms with Crippen LogP contribution < -0.4 is 34.7 Å². The van der Waals surface area contributed by atoms with Crippen LogP contribution in [0.25, 0.3) is 0 Å². The van der Waals surface area contributed by atoms with Gasteiger partial charge in [0.2, 0.25) is 11.6 Å². The number of nitrogen functional groups attached to an aromatic ring is 1. The molecule has 0 fully saturated rings. The number of aromatic hydroxyl groups is 2. The number of ketones is 2. The van der Waals surface area contributed by atoms with Crippen molar-refractivity contribution in [3.63, 3.8) is 0 Å². The van der Waals surface area contributed by atoms with Gasteiger partial charge in [-0.3, -0.25) is 9.59 Å². The summed E-state index contributed by atoms with van der Waals surface area (Å²) in [5.41, 5.74) is 6.02. The first-order chi connectivity index (χ1) is 30.7. The van der Waals surface area contributed by atoms with E-state index in [1.807, 2.05) is 12.1 Å². The molecule has 0 bridgehead atoms. The van der Waals surface area contributed by atoms with Gasteiger partial charge in [0.1, 0.15) is 28.7 Å². The summed E-state index contributed by atoms with van der Waals surface area (Å²) in [6, 6.07) is 23.8. The number of hydrogen-bond donors (Lipinski definition) is 4.